The Kier molecular flexibility index (Phi) is 4.40. The van der Waals surface area contributed by atoms with Gasteiger partial charge in [0.1, 0.15) is 0 Å². The molecule has 1 atom stereocenters. The second-order valence-corrected chi connectivity index (χ2v) is 5.05. The highest BCUT2D eigenvalue weighted by Gasteiger charge is 2.00. The Balaban J connectivity index is 2.12. The number of hydrogen-bond donors (Lipinski definition) is 0. The summed E-state index contributed by atoms with van der Waals surface area (Å²) in [5, 5.41) is 0. The molecule has 1 unspecified atom stereocenters. The Hall–Kier alpha value is -2.02. The Morgan fingerprint density at radius 1 is 0.947 bits per heavy atom. The van der Waals surface area contributed by atoms with E-state index < -0.39 is 0 Å². The second-order valence-electron chi connectivity index (χ2n) is 5.05. The Bertz CT molecular complexity index is 541. The van der Waals surface area contributed by atoms with Crippen molar-refractivity contribution >= 4 is 11.8 Å². The van der Waals surface area contributed by atoms with Crippen LogP contribution in [0.5, 0.6) is 0 Å². The number of nitrogens with zero attached hydrogens (tertiary/aromatic N) is 1. The second kappa shape index (κ2) is 6.24. The van der Waals surface area contributed by atoms with Gasteiger partial charge < -0.3 is 4.90 Å². The van der Waals surface area contributed by atoms with Crippen LogP contribution in [0.1, 0.15) is 24.0 Å². The van der Waals surface area contributed by atoms with Crippen molar-refractivity contribution in [3.05, 3.63) is 71.8 Å². The number of hydrogen-bond acceptors (Lipinski definition) is 1. The fraction of sp³-hybridized carbons (Fsp3) is 0.222. The molecule has 2 aromatic carbocycles. The molecule has 98 valence electrons. The van der Waals surface area contributed by atoms with Gasteiger partial charge in [0.2, 0.25) is 0 Å². The van der Waals surface area contributed by atoms with Crippen LogP contribution in [0.3, 0.4) is 0 Å². The first kappa shape index (κ1) is 13.4. The van der Waals surface area contributed by atoms with Gasteiger partial charge in [0, 0.05) is 19.8 Å². The van der Waals surface area contributed by atoms with Gasteiger partial charge in [-0.05, 0) is 29.2 Å². The summed E-state index contributed by atoms with van der Waals surface area (Å²) in [7, 11) is 4.13. The molecule has 0 N–H and O–H groups in total. The van der Waals surface area contributed by atoms with Gasteiger partial charge in [-0.25, -0.2) is 0 Å². The van der Waals surface area contributed by atoms with E-state index in [9.17, 15) is 0 Å². The van der Waals surface area contributed by atoms with Crippen molar-refractivity contribution < 1.29 is 0 Å². The molecular formula is C18H21N. The summed E-state index contributed by atoms with van der Waals surface area (Å²) in [6.07, 6.45) is 4.45. The molecule has 0 aliphatic heterocycles. The van der Waals surface area contributed by atoms with E-state index in [1.54, 1.807) is 0 Å². The third-order valence-electron chi connectivity index (χ3n) is 3.29. The van der Waals surface area contributed by atoms with E-state index in [1.165, 1.54) is 16.8 Å². The lowest BCUT2D eigenvalue weighted by Crippen LogP contribution is -2.08. The molecular weight excluding hydrogens is 230 g/mol. The quantitative estimate of drug-likeness (QED) is 0.769. The smallest absolute Gasteiger partial charge is 0.0367 e. The van der Waals surface area contributed by atoms with Crippen molar-refractivity contribution in [3.63, 3.8) is 0 Å². The van der Waals surface area contributed by atoms with Gasteiger partial charge in [-0.15, -0.1) is 0 Å². The molecule has 0 saturated carbocycles. The summed E-state index contributed by atoms with van der Waals surface area (Å²) in [5.74, 6) is 0.434. The van der Waals surface area contributed by atoms with E-state index in [0.717, 1.165) is 0 Å². The average molecular weight is 251 g/mol. The standard InChI is InChI=1S/C18H21N/c1-15(17-9-5-4-6-10-17)12-13-16-8-7-11-18(14-16)19(2)3/h4-15H,1-3H3. The number of benzene rings is 2. The van der Waals surface area contributed by atoms with Gasteiger partial charge in [-0.3, -0.25) is 0 Å². The highest BCUT2D eigenvalue weighted by atomic mass is 15.1. The molecule has 1 nitrogen and oxygen atoms in total. The lowest BCUT2D eigenvalue weighted by Gasteiger charge is -2.12. The lowest BCUT2D eigenvalue weighted by atomic mass is 10.00. The van der Waals surface area contributed by atoms with Gasteiger partial charge in [0.15, 0.2) is 0 Å². The molecule has 2 rings (SSSR count). The summed E-state index contributed by atoms with van der Waals surface area (Å²) in [6, 6.07) is 19.1. The maximum atomic E-state index is 2.25. The zero-order valence-electron chi connectivity index (χ0n) is 11.9. The number of anilines is 1. The summed E-state index contributed by atoms with van der Waals surface area (Å²) < 4.78 is 0. The Morgan fingerprint density at radius 2 is 1.68 bits per heavy atom. The van der Waals surface area contributed by atoms with Crippen LogP contribution < -0.4 is 4.90 Å². The van der Waals surface area contributed by atoms with Gasteiger partial charge in [0.25, 0.3) is 0 Å². The summed E-state index contributed by atoms with van der Waals surface area (Å²) in [5.41, 5.74) is 3.83. The van der Waals surface area contributed by atoms with Crippen LogP contribution in [-0.4, -0.2) is 14.1 Å². The molecule has 0 bridgehead atoms. The predicted octanol–water partition coefficient (Wildman–Crippen LogP) is 4.57. The minimum atomic E-state index is 0.434. The topological polar surface area (TPSA) is 3.24 Å². The van der Waals surface area contributed by atoms with Crippen molar-refractivity contribution in [1.82, 2.24) is 0 Å². The van der Waals surface area contributed by atoms with Crippen molar-refractivity contribution in [2.45, 2.75) is 12.8 Å². The molecule has 19 heavy (non-hydrogen) atoms. The van der Waals surface area contributed by atoms with Crippen molar-refractivity contribution in [2.24, 2.45) is 0 Å². The Labute approximate surface area is 116 Å². The molecule has 0 heterocycles. The van der Waals surface area contributed by atoms with Crippen molar-refractivity contribution in [3.8, 4) is 0 Å². The van der Waals surface area contributed by atoms with Crippen LogP contribution in [0.2, 0.25) is 0 Å². The third-order valence-corrected chi connectivity index (χ3v) is 3.29. The first-order valence-electron chi connectivity index (χ1n) is 6.67. The van der Waals surface area contributed by atoms with Gasteiger partial charge in [-0.1, -0.05) is 61.5 Å². The normalized spacial score (nSPS) is 12.6. The van der Waals surface area contributed by atoms with Gasteiger partial charge >= 0.3 is 0 Å². The van der Waals surface area contributed by atoms with E-state index >= 15 is 0 Å². The number of rotatable bonds is 4. The van der Waals surface area contributed by atoms with Crippen LogP contribution in [0.15, 0.2) is 60.7 Å². The zero-order valence-corrected chi connectivity index (χ0v) is 11.9. The fourth-order valence-corrected chi connectivity index (χ4v) is 2.03. The minimum Gasteiger partial charge on any atom is -0.378 e. The van der Waals surface area contributed by atoms with E-state index in [2.05, 4.69) is 92.7 Å². The van der Waals surface area contributed by atoms with Crippen molar-refractivity contribution in [1.29, 1.82) is 0 Å². The molecule has 0 aromatic heterocycles. The highest BCUT2D eigenvalue weighted by molar-refractivity contribution is 5.58. The molecule has 0 amide bonds. The van der Waals surface area contributed by atoms with Gasteiger partial charge in [0.05, 0.1) is 0 Å². The summed E-state index contributed by atoms with van der Waals surface area (Å²) >= 11 is 0. The molecule has 0 fully saturated rings. The minimum absolute atomic E-state index is 0.434. The Morgan fingerprint density at radius 3 is 2.37 bits per heavy atom. The largest absolute Gasteiger partial charge is 0.378 e. The third kappa shape index (κ3) is 3.72. The molecule has 1 heteroatoms. The van der Waals surface area contributed by atoms with Crippen LogP contribution in [0.25, 0.3) is 6.08 Å². The molecule has 0 saturated heterocycles. The molecule has 0 spiro atoms. The summed E-state index contributed by atoms with van der Waals surface area (Å²) in [6.45, 7) is 2.22. The fourth-order valence-electron chi connectivity index (χ4n) is 2.03. The first-order chi connectivity index (χ1) is 9.16. The SMILES string of the molecule is CC(C=Cc1cccc(N(C)C)c1)c1ccccc1. The average Bonchev–Trinajstić information content (AvgIpc) is 2.46. The maximum absolute atomic E-state index is 2.25. The summed E-state index contributed by atoms with van der Waals surface area (Å²) in [4.78, 5) is 2.12. The lowest BCUT2D eigenvalue weighted by molar-refractivity contribution is 0.973. The molecule has 0 aliphatic carbocycles. The molecule has 0 radical (unpaired) electrons. The van der Waals surface area contributed by atoms with E-state index in [1.807, 2.05) is 0 Å². The van der Waals surface area contributed by atoms with Crippen LogP contribution in [-0.2, 0) is 0 Å². The highest BCUT2D eigenvalue weighted by Crippen LogP contribution is 2.19. The van der Waals surface area contributed by atoms with Gasteiger partial charge in [-0.2, -0.15) is 0 Å². The van der Waals surface area contributed by atoms with E-state index in [-0.39, 0.29) is 0 Å². The van der Waals surface area contributed by atoms with Crippen LogP contribution >= 0.6 is 0 Å². The number of allylic oxidation sites excluding steroid dienone is 1. The van der Waals surface area contributed by atoms with E-state index in [4.69, 9.17) is 0 Å². The van der Waals surface area contributed by atoms with Crippen molar-refractivity contribution in [2.75, 3.05) is 19.0 Å². The zero-order chi connectivity index (χ0) is 13.7. The maximum Gasteiger partial charge on any atom is 0.0367 e. The van der Waals surface area contributed by atoms with Crippen LogP contribution in [0.4, 0.5) is 5.69 Å². The molecule has 0 aliphatic rings. The predicted molar refractivity (Wildman–Crippen MR) is 84.7 cm³/mol. The monoisotopic (exact) mass is 251 g/mol. The first-order valence-corrected chi connectivity index (χ1v) is 6.67. The van der Waals surface area contributed by atoms with Crippen LogP contribution in [0, 0.1) is 0 Å². The molecule has 2 aromatic rings. The van der Waals surface area contributed by atoms with E-state index in [0.29, 0.717) is 5.92 Å².